The lowest BCUT2D eigenvalue weighted by Gasteiger charge is -2.35. The Morgan fingerprint density at radius 2 is 1.88 bits per heavy atom. The molecular formula is C19H24N4OS. The molecule has 2 aromatic rings. The molecule has 1 aliphatic rings. The van der Waals surface area contributed by atoms with Crippen LogP contribution in [-0.4, -0.2) is 54.8 Å². The normalized spacial score (nSPS) is 15.2. The summed E-state index contributed by atoms with van der Waals surface area (Å²) in [5.74, 6) is 1.11. The lowest BCUT2D eigenvalue weighted by molar-refractivity contribution is -0.116. The van der Waals surface area contributed by atoms with Crippen LogP contribution in [0.5, 0.6) is 0 Å². The molecular weight excluding hydrogens is 332 g/mol. The average molecular weight is 356 g/mol. The molecule has 25 heavy (non-hydrogen) atoms. The first-order chi connectivity index (χ1) is 12.3. The Morgan fingerprint density at radius 3 is 2.60 bits per heavy atom. The van der Waals surface area contributed by atoms with Crippen molar-refractivity contribution in [3.8, 4) is 0 Å². The van der Waals surface area contributed by atoms with Gasteiger partial charge in [0.1, 0.15) is 5.82 Å². The number of carbonyl (C=O) groups excluding carboxylic acids is 1. The van der Waals surface area contributed by atoms with E-state index in [1.807, 2.05) is 54.9 Å². The van der Waals surface area contributed by atoms with Gasteiger partial charge in [0.25, 0.3) is 0 Å². The molecule has 132 valence electrons. The highest BCUT2D eigenvalue weighted by Gasteiger charge is 2.18. The number of hydrogen-bond acceptors (Lipinski definition) is 5. The highest BCUT2D eigenvalue weighted by atomic mass is 32.2. The fourth-order valence-electron chi connectivity index (χ4n) is 2.96. The third-order valence-corrected chi connectivity index (χ3v) is 5.18. The van der Waals surface area contributed by atoms with Crippen molar-refractivity contribution >= 4 is 29.2 Å². The molecule has 0 unspecified atom stereocenters. The summed E-state index contributed by atoms with van der Waals surface area (Å²) in [6.07, 6.45) is 4.37. The van der Waals surface area contributed by atoms with Gasteiger partial charge < -0.3 is 10.2 Å². The van der Waals surface area contributed by atoms with Gasteiger partial charge in [0, 0.05) is 50.2 Å². The van der Waals surface area contributed by atoms with Crippen molar-refractivity contribution in [3.05, 3.63) is 48.7 Å². The molecule has 1 aromatic carbocycles. The van der Waals surface area contributed by atoms with Crippen molar-refractivity contribution in [2.24, 2.45) is 0 Å². The number of benzene rings is 1. The van der Waals surface area contributed by atoms with E-state index in [1.165, 1.54) is 0 Å². The van der Waals surface area contributed by atoms with Gasteiger partial charge in [0.05, 0.1) is 5.69 Å². The number of piperazine rings is 1. The summed E-state index contributed by atoms with van der Waals surface area (Å²) in [5, 5.41) is 3.03. The van der Waals surface area contributed by atoms with Crippen molar-refractivity contribution in [3.63, 3.8) is 0 Å². The van der Waals surface area contributed by atoms with Gasteiger partial charge in [-0.2, -0.15) is 0 Å². The third-order valence-electron chi connectivity index (χ3n) is 4.38. The molecule has 1 aromatic heterocycles. The van der Waals surface area contributed by atoms with Gasteiger partial charge in [-0.25, -0.2) is 4.98 Å². The van der Waals surface area contributed by atoms with Gasteiger partial charge in [0.2, 0.25) is 5.91 Å². The minimum Gasteiger partial charge on any atom is -0.354 e. The quantitative estimate of drug-likeness (QED) is 0.807. The predicted molar refractivity (Wildman–Crippen MR) is 104 cm³/mol. The number of thioether (sulfide) groups is 1. The highest BCUT2D eigenvalue weighted by Crippen LogP contribution is 2.24. The molecule has 0 saturated carbocycles. The number of hydrogen-bond donors (Lipinski definition) is 1. The second kappa shape index (κ2) is 8.87. The molecule has 0 spiro atoms. The first kappa shape index (κ1) is 17.8. The van der Waals surface area contributed by atoms with Crippen LogP contribution in [0.15, 0.2) is 53.6 Å². The molecule has 1 saturated heterocycles. The zero-order chi connectivity index (χ0) is 17.5. The van der Waals surface area contributed by atoms with Crippen LogP contribution in [0.2, 0.25) is 0 Å². The molecule has 0 atom stereocenters. The van der Waals surface area contributed by atoms with Crippen molar-refractivity contribution in [1.82, 2.24) is 9.88 Å². The zero-order valence-corrected chi connectivity index (χ0v) is 15.3. The molecule has 1 fully saturated rings. The summed E-state index contributed by atoms with van der Waals surface area (Å²) in [5.41, 5.74) is 0.903. The standard InChI is InChI=1S/C19H24N4OS/c1-25-17-7-3-2-6-16(17)21-19(24)9-11-22-12-14-23(15-13-22)18-8-4-5-10-20-18/h2-8,10H,9,11-15H2,1H3,(H,21,24). The Bertz CT molecular complexity index is 687. The van der Waals surface area contributed by atoms with Crippen LogP contribution in [0, 0.1) is 0 Å². The van der Waals surface area contributed by atoms with E-state index in [-0.39, 0.29) is 5.91 Å². The lowest BCUT2D eigenvalue weighted by Crippen LogP contribution is -2.47. The Balaban J connectivity index is 1.43. The van der Waals surface area contributed by atoms with Gasteiger partial charge in [-0.15, -0.1) is 11.8 Å². The van der Waals surface area contributed by atoms with Crippen molar-refractivity contribution in [2.45, 2.75) is 11.3 Å². The van der Waals surface area contributed by atoms with E-state index in [2.05, 4.69) is 20.1 Å². The number of rotatable bonds is 6. The van der Waals surface area contributed by atoms with E-state index >= 15 is 0 Å². The summed E-state index contributed by atoms with van der Waals surface area (Å²) < 4.78 is 0. The molecule has 2 heterocycles. The minimum absolute atomic E-state index is 0.0775. The molecule has 0 aliphatic carbocycles. The van der Waals surface area contributed by atoms with E-state index in [0.717, 1.165) is 49.1 Å². The maximum Gasteiger partial charge on any atom is 0.225 e. The van der Waals surface area contributed by atoms with Gasteiger partial charge >= 0.3 is 0 Å². The molecule has 6 heteroatoms. The summed E-state index contributed by atoms with van der Waals surface area (Å²) in [4.78, 5) is 22.4. The Kier molecular flexibility index (Phi) is 6.30. The highest BCUT2D eigenvalue weighted by molar-refractivity contribution is 7.98. The van der Waals surface area contributed by atoms with Gasteiger partial charge in [-0.05, 0) is 30.5 Å². The van der Waals surface area contributed by atoms with E-state index in [0.29, 0.717) is 6.42 Å². The zero-order valence-electron chi connectivity index (χ0n) is 14.5. The Hall–Kier alpha value is -2.05. The molecule has 1 amide bonds. The number of nitrogens with zero attached hydrogens (tertiary/aromatic N) is 3. The molecule has 0 radical (unpaired) electrons. The lowest BCUT2D eigenvalue weighted by atomic mass is 10.2. The summed E-state index contributed by atoms with van der Waals surface area (Å²) in [6.45, 7) is 4.63. The van der Waals surface area contributed by atoms with Gasteiger partial charge in [-0.1, -0.05) is 18.2 Å². The molecule has 0 bridgehead atoms. The van der Waals surface area contributed by atoms with Crippen LogP contribution >= 0.6 is 11.8 Å². The van der Waals surface area contributed by atoms with Crippen LogP contribution in [0.1, 0.15) is 6.42 Å². The topological polar surface area (TPSA) is 48.5 Å². The number of aromatic nitrogens is 1. The number of pyridine rings is 1. The first-order valence-electron chi connectivity index (χ1n) is 8.57. The van der Waals surface area contributed by atoms with Crippen LogP contribution in [0.3, 0.4) is 0 Å². The first-order valence-corrected chi connectivity index (χ1v) is 9.80. The van der Waals surface area contributed by atoms with E-state index in [1.54, 1.807) is 11.8 Å². The summed E-state index contributed by atoms with van der Waals surface area (Å²) >= 11 is 1.65. The molecule has 1 N–H and O–H groups in total. The smallest absolute Gasteiger partial charge is 0.225 e. The number of anilines is 2. The van der Waals surface area contributed by atoms with Crippen LogP contribution in [-0.2, 0) is 4.79 Å². The number of nitrogens with one attached hydrogen (secondary N) is 1. The SMILES string of the molecule is CSc1ccccc1NC(=O)CCN1CCN(c2ccccn2)CC1. The number of carbonyl (C=O) groups is 1. The fourth-order valence-corrected chi connectivity index (χ4v) is 3.52. The predicted octanol–water partition coefficient (Wildman–Crippen LogP) is 2.95. The number of para-hydroxylation sites is 1. The van der Waals surface area contributed by atoms with E-state index < -0.39 is 0 Å². The summed E-state index contributed by atoms with van der Waals surface area (Å²) in [7, 11) is 0. The third kappa shape index (κ3) is 4.96. The Labute approximate surface area is 153 Å². The van der Waals surface area contributed by atoms with Crippen molar-refractivity contribution < 1.29 is 4.79 Å². The monoisotopic (exact) mass is 356 g/mol. The fraction of sp³-hybridized carbons (Fsp3) is 0.368. The van der Waals surface area contributed by atoms with Crippen molar-refractivity contribution in [2.75, 3.05) is 49.2 Å². The van der Waals surface area contributed by atoms with Crippen LogP contribution in [0.25, 0.3) is 0 Å². The second-order valence-electron chi connectivity index (χ2n) is 6.02. The van der Waals surface area contributed by atoms with Gasteiger partial charge in [-0.3, -0.25) is 9.69 Å². The second-order valence-corrected chi connectivity index (χ2v) is 6.86. The molecule has 3 rings (SSSR count). The minimum atomic E-state index is 0.0775. The van der Waals surface area contributed by atoms with Crippen LogP contribution < -0.4 is 10.2 Å². The Morgan fingerprint density at radius 1 is 1.12 bits per heavy atom. The molecule has 5 nitrogen and oxygen atoms in total. The maximum absolute atomic E-state index is 12.2. The van der Waals surface area contributed by atoms with E-state index in [9.17, 15) is 4.79 Å². The van der Waals surface area contributed by atoms with Gasteiger partial charge in [0.15, 0.2) is 0 Å². The summed E-state index contributed by atoms with van der Waals surface area (Å²) in [6, 6.07) is 13.9. The maximum atomic E-state index is 12.2. The largest absolute Gasteiger partial charge is 0.354 e. The average Bonchev–Trinajstić information content (AvgIpc) is 2.68. The number of amides is 1. The van der Waals surface area contributed by atoms with Crippen molar-refractivity contribution in [1.29, 1.82) is 0 Å². The van der Waals surface area contributed by atoms with E-state index in [4.69, 9.17) is 0 Å². The molecule has 1 aliphatic heterocycles. The van der Waals surface area contributed by atoms with Crippen LogP contribution in [0.4, 0.5) is 11.5 Å².